The molecule has 2 aromatic heterocycles. The van der Waals surface area contributed by atoms with Crippen LogP contribution in [0.4, 0.5) is 8.78 Å². The summed E-state index contributed by atoms with van der Waals surface area (Å²) in [7, 11) is 0. The van der Waals surface area contributed by atoms with Gasteiger partial charge in [0.2, 0.25) is 5.91 Å². The average Bonchev–Trinajstić information content (AvgIpc) is 3.37. The third kappa shape index (κ3) is 3.19. The van der Waals surface area contributed by atoms with Gasteiger partial charge in [0.05, 0.1) is 23.4 Å². The molecule has 5 rings (SSSR count). The van der Waals surface area contributed by atoms with Crippen LogP contribution in [0.2, 0.25) is 0 Å². The number of amides is 1. The third-order valence-corrected chi connectivity index (χ3v) is 7.90. The van der Waals surface area contributed by atoms with Gasteiger partial charge in [0.15, 0.2) is 0 Å². The molecule has 2 atom stereocenters. The molecule has 0 saturated heterocycles. The molecule has 2 bridgehead atoms. The van der Waals surface area contributed by atoms with Gasteiger partial charge in [-0.05, 0) is 54.9 Å². The fourth-order valence-corrected chi connectivity index (χ4v) is 5.99. The smallest absolute Gasteiger partial charge is 0.340 e. The zero-order chi connectivity index (χ0) is 24.3. The van der Waals surface area contributed by atoms with Gasteiger partial charge in [0.25, 0.3) is 0 Å². The van der Waals surface area contributed by atoms with E-state index >= 15 is 0 Å². The van der Waals surface area contributed by atoms with E-state index in [2.05, 4.69) is 39.2 Å². The zero-order valence-electron chi connectivity index (χ0n) is 19.3. The van der Waals surface area contributed by atoms with E-state index in [9.17, 15) is 18.4 Å². The molecule has 178 valence electrons. The molecule has 2 N–H and O–H groups in total. The maximum atomic E-state index is 14.4. The van der Waals surface area contributed by atoms with Gasteiger partial charge in [-0.15, -0.1) is 0 Å². The first-order valence-electron chi connectivity index (χ1n) is 11.4. The van der Waals surface area contributed by atoms with E-state index in [4.69, 9.17) is 0 Å². The van der Waals surface area contributed by atoms with E-state index in [1.165, 1.54) is 18.2 Å². The molecule has 8 nitrogen and oxygen atoms in total. The molecule has 1 fully saturated rings. The molecule has 2 aliphatic rings. The minimum Gasteiger partial charge on any atom is -0.342 e. The van der Waals surface area contributed by atoms with Gasteiger partial charge in [-0.25, -0.2) is 18.7 Å². The molecule has 3 aromatic rings. The SMILES string of the molecule is CCN(C[C@@]12CC[C@@H](c3cc(-c4c(F)cccc4F)nnc31)C2(C)C)C(=O)Cc1n[nH]c(=O)[nH]1. The van der Waals surface area contributed by atoms with Crippen molar-refractivity contribution in [1.82, 2.24) is 30.3 Å². The number of halogens is 2. The van der Waals surface area contributed by atoms with Gasteiger partial charge >= 0.3 is 5.69 Å². The van der Waals surface area contributed by atoms with Crippen LogP contribution in [0.3, 0.4) is 0 Å². The Kier molecular flexibility index (Phi) is 5.14. The second-order valence-electron chi connectivity index (χ2n) is 9.73. The Morgan fingerprint density at radius 3 is 2.62 bits per heavy atom. The number of aromatic amines is 2. The maximum absolute atomic E-state index is 14.4. The van der Waals surface area contributed by atoms with E-state index in [0.717, 1.165) is 24.1 Å². The summed E-state index contributed by atoms with van der Waals surface area (Å²) in [6.07, 6.45) is 1.71. The molecule has 2 aliphatic carbocycles. The molecule has 2 heterocycles. The molecule has 10 heteroatoms. The first-order chi connectivity index (χ1) is 16.2. The molecule has 0 radical (unpaired) electrons. The predicted octanol–water partition coefficient (Wildman–Crippen LogP) is 3.08. The molecule has 0 aliphatic heterocycles. The molecular formula is C24H26F2N6O2. The van der Waals surface area contributed by atoms with Crippen LogP contribution in [0.5, 0.6) is 0 Å². The van der Waals surface area contributed by atoms with Crippen molar-refractivity contribution in [3.8, 4) is 11.3 Å². The lowest BCUT2D eigenvalue weighted by Gasteiger charge is -2.41. The Morgan fingerprint density at radius 1 is 1.24 bits per heavy atom. The van der Waals surface area contributed by atoms with Crippen molar-refractivity contribution in [2.45, 2.75) is 51.4 Å². The first kappa shape index (κ1) is 22.4. The van der Waals surface area contributed by atoms with Gasteiger partial charge in [0, 0.05) is 18.5 Å². The molecular weight excluding hydrogens is 442 g/mol. The highest BCUT2D eigenvalue weighted by Gasteiger charge is 2.64. The first-order valence-corrected chi connectivity index (χ1v) is 11.4. The molecule has 1 amide bonds. The highest BCUT2D eigenvalue weighted by Crippen LogP contribution is 2.67. The molecule has 34 heavy (non-hydrogen) atoms. The van der Waals surface area contributed by atoms with Gasteiger partial charge in [-0.1, -0.05) is 19.9 Å². The van der Waals surface area contributed by atoms with Crippen molar-refractivity contribution >= 4 is 5.91 Å². The summed E-state index contributed by atoms with van der Waals surface area (Å²) in [5.41, 5.74) is 0.635. The van der Waals surface area contributed by atoms with Crippen LogP contribution in [0.1, 0.15) is 56.6 Å². The molecule has 0 spiro atoms. The van der Waals surface area contributed by atoms with E-state index in [-0.39, 0.29) is 40.7 Å². The lowest BCUT2D eigenvalue weighted by molar-refractivity contribution is -0.131. The monoisotopic (exact) mass is 468 g/mol. The van der Waals surface area contributed by atoms with E-state index in [1.54, 1.807) is 11.0 Å². The van der Waals surface area contributed by atoms with Crippen LogP contribution >= 0.6 is 0 Å². The van der Waals surface area contributed by atoms with Crippen LogP contribution < -0.4 is 5.69 Å². The number of benzene rings is 1. The van der Waals surface area contributed by atoms with Crippen LogP contribution in [0.15, 0.2) is 29.1 Å². The number of aromatic nitrogens is 5. The topological polar surface area (TPSA) is 108 Å². The lowest BCUT2D eigenvalue weighted by Crippen LogP contribution is -2.48. The average molecular weight is 469 g/mol. The van der Waals surface area contributed by atoms with E-state index in [1.807, 2.05) is 6.92 Å². The number of hydrogen-bond donors (Lipinski definition) is 2. The summed E-state index contributed by atoms with van der Waals surface area (Å²) < 4.78 is 28.8. The van der Waals surface area contributed by atoms with Crippen molar-refractivity contribution < 1.29 is 13.6 Å². The lowest BCUT2D eigenvalue weighted by atomic mass is 9.68. The summed E-state index contributed by atoms with van der Waals surface area (Å²) in [6, 6.07) is 5.51. The molecule has 1 saturated carbocycles. The number of likely N-dealkylation sites (N-methyl/N-ethyl adjacent to an activating group) is 1. The fraction of sp³-hybridized carbons (Fsp3) is 0.458. The van der Waals surface area contributed by atoms with Crippen molar-refractivity contribution in [1.29, 1.82) is 0 Å². The third-order valence-electron chi connectivity index (χ3n) is 7.90. The van der Waals surface area contributed by atoms with Crippen LogP contribution in [-0.4, -0.2) is 49.3 Å². The normalized spacial score (nSPS) is 22.1. The van der Waals surface area contributed by atoms with Crippen LogP contribution in [0.25, 0.3) is 11.3 Å². The number of carbonyl (C=O) groups excluding carboxylic acids is 1. The van der Waals surface area contributed by atoms with Crippen LogP contribution in [-0.2, 0) is 16.6 Å². The Hall–Kier alpha value is -3.43. The quantitative estimate of drug-likeness (QED) is 0.578. The second-order valence-corrected chi connectivity index (χ2v) is 9.73. The summed E-state index contributed by atoms with van der Waals surface area (Å²) in [6.45, 7) is 7.16. The molecule has 1 aromatic carbocycles. The van der Waals surface area contributed by atoms with E-state index in [0.29, 0.717) is 13.1 Å². The number of H-pyrrole nitrogens is 2. The summed E-state index contributed by atoms with van der Waals surface area (Å²) in [4.78, 5) is 28.7. The highest BCUT2D eigenvalue weighted by molar-refractivity contribution is 5.78. The summed E-state index contributed by atoms with van der Waals surface area (Å²) >= 11 is 0. The number of rotatable bonds is 6. The number of nitrogens with one attached hydrogen (secondary N) is 2. The van der Waals surface area contributed by atoms with Crippen molar-refractivity contribution in [3.05, 3.63) is 63.5 Å². The van der Waals surface area contributed by atoms with Crippen molar-refractivity contribution in [2.24, 2.45) is 5.41 Å². The van der Waals surface area contributed by atoms with Gasteiger partial charge < -0.3 is 4.90 Å². The number of carbonyl (C=O) groups is 1. The van der Waals surface area contributed by atoms with Crippen molar-refractivity contribution in [2.75, 3.05) is 13.1 Å². The Balaban J connectivity index is 1.51. The second kappa shape index (κ2) is 7.82. The van der Waals surface area contributed by atoms with E-state index < -0.39 is 22.7 Å². The predicted molar refractivity (Wildman–Crippen MR) is 120 cm³/mol. The Labute approximate surface area is 194 Å². The fourth-order valence-electron chi connectivity index (χ4n) is 5.99. The molecule has 0 unspecified atom stereocenters. The Morgan fingerprint density at radius 2 is 1.97 bits per heavy atom. The minimum absolute atomic E-state index is 0.0173. The largest absolute Gasteiger partial charge is 0.342 e. The minimum atomic E-state index is -0.675. The summed E-state index contributed by atoms with van der Waals surface area (Å²) in [5.74, 6) is -1.07. The standard InChI is InChI=1S/C24H26F2N6O2/c1-4-32(19(33)11-18-27-22(34)31-29-18)12-24-9-8-14(23(24,2)3)13-10-17(28-30-21(13)24)20-15(25)6-5-7-16(20)26/h5-7,10,14H,4,8-9,11-12H2,1-3H3,(H2,27,29,31,34)/t14-,24-/m0/s1. The van der Waals surface area contributed by atoms with Crippen molar-refractivity contribution in [3.63, 3.8) is 0 Å². The zero-order valence-corrected chi connectivity index (χ0v) is 19.3. The number of fused-ring (bicyclic) bond motifs is 5. The van der Waals surface area contributed by atoms with Gasteiger partial charge in [-0.3, -0.25) is 9.78 Å². The van der Waals surface area contributed by atoms with Gasteiger partial charge in [0.1, 0.15) is 17.5 Å². The van der Waals surface area contributed by atoms with Crippen LogP contribution in [0, 0.1) is 17.0 Å². The Bertz CT molecular complexity index is 1310. The van der Waals surface area contributed by atoms with Gasteiger partial charge in [-0.2, -0.15) is 15.3 Å². The number of nitrogens with zero attached hydrogens (tertiary/aromatic N) is 4. The summed E-state index contributed by atoms with van der Waals surface area (Å²) in [5, 5.41) is 14.9. The maximum Gasteiger partial charge on any atom is 0.340 e. The number of hydrogen-bond acceptors (Lipinski definition) is 5. The highest BCUT2D eigenvalue weighted by atomic mass is 19.1.